The Kier molecular flexibility index (Phi) is 39.2. The van der Waals surface area contributed by atoms with Crippen LogP contribution in [0.4, 0.5) is 0 Å². The highest BCUT2D eigenvalue weighted by Crippen LogP contribution is 2.33. The van der Waals surface area contributed by atoms with Crippen molar-refractivity contribution in [1.29, 1.82) is 0 Å². The Morgan fingerprint density at radius 2 is 1.06 bits per heavy atom. The Balaban J connectivity index is 4.13. The van der Waals surface area contributed by atoms with Crippen LogP contribution in [-0.4, -0.2) is 112 Å². The minimum atomic E-state index is -4.02. The molecule has 0 aliphatic rings. The van der Waals surface area contributed by atoms with E-state index >= 15 is 0 Å². The molecule has 11 nitrogen and oxygen atoms in total. The number of hydrogen-bond acceptors (Lipinski definition) is 9. The van der Waals surface area contributed by atoms with Crippen molar-refractivity contribution in [2.75, 3.05) is 83.7 Å². The van der Waals surface area contributed by atoms with Gasteiger partial charge in [0.2, 0.25) is 5.91 Å². The maximum Gasteiger partial charge on any atom is 0.327 e. The molecule has 0 saturated carbocycles. The minimum Gasteiger partial charge on any atom is -0.379 e. The minimum absolute atomic E-state index is 0.00570. The third-order valence-corrected chi connectivity index (χ3v) is 10.5. The van der Waals surface area contributed by atoms with Gasteiger partial charge in [-0.25, -0.2) is 0 Å². The Bertz CT molecular complexity index is 782. The molecule has 2 atom stereocenters. The lowest BCUT2D eigenvalue weighted by Gasteiger charge is -2.19. The van der Waals surface area contributed by atoms with Gasteiger partial charge in [-0.3, -0.25) is 9.36 Å². The molecule has 0 aromatic heterocycles. The van der Waals surface area contributed by atoms with E-state index in [1.165, 1.54) is 116 Å². The van der Waals surface area contributed by atoms with Crippen LogP contribution in [-0.2, 0) is 33.0 Å². The summed E-state index contributed by atoms with van der Waals surface area (Å²) in [7, 11) is -4.02. The monoisotopic (exact) mass is 771 g/mol. The van der Waals surface area contributed by atoms with Crippen LogP contribution < -0.4 is 11.1 Å². The molecule has 5 N–H and O–H groups in total. The third kappa shape index (κ3) is 40.7. The van der Waals surface area contributed by atoms with Crippen molar-refractivity contribution in [2.45, 2.75) is 154 Å². The average Bonchev–Trinajstić information content (AvgIpc) is 3.10. The van der Waals surface area contributed by atoms with Gasteiger partial charge < -0.3 is 44.5 Å². The van der Waals surface area contributed by atoms with Gasteiger partial charge in [0.25, 0.3) is 0 Å². The number of rotatable bonds is 42. The first-order chi connectivity index (χ1) is 24.8. The van der Waals surface area contributed by atoms with Crippen molar-refractivity contribution < 1.29 is 42.8 Å². The molecule has 0 aliphatic carbocycles. The Hall–Kier alpha value is -0.270. The van der Waals surface area contributed by atoms with E-state index in [9.17, 15) is 9.36 Å². The van der Waals surface area contributed by atoms with Gasteiger partial charge in [-0.15, -0.1) is 0 Å². The first-order valence-electron chi connectivity index (χ1n) is 20.4. The zero-order chi connectivity index (χ0) is 37.5. The molecule has 0 rings (SSSR count). The summed E-state index contributed by atoms with van der Waals surface area (Å²) in [5.41, 5.74) is 6.17. The molecule has 0 aromatic rings. The number of nitrogens with one attached hydrogen (secondary N) is 1. The Labute approximate surface area is 316 Å². The molecule has 0 fully saturated rings. The van der Waals surface area contributed by atoms with Crippen LogP contribution in [0.2, 0.25) is 0 Å². The van der Waals surface area contributed by atoms with Crippen LogP contribution in [0, 0.1) is 0 Å². The summed E-state index contributed by atoms with van der Waals surface area (Å²) in [4.78, 5) is 30.0. The lowest BCUT2D eigenvalue weighted by Crippen LogP contribution is -2.43. The van der Waals surface area contributed by atoms with Crippen LogP contribution in [0.15, 0.2) is 0 Å². The van der Waals surface area contributed by atoms with Crippen molar-refractivity contribution in [3.05, 3.63) is 0 Å². The molecular formula is C38H79N2O9PS. The van der Waals surface area contributed by atoms with Crippen LogP contribution in [0.3, 0.4) is 0 Å². The second kappa shape index (κ2) is 39.4. The van der Waals surface area contributed by atoms with E-state index in [4.69, 9.17) is 39.2 Å². The fourth-order valence-electron chi connectivity index (χ4n) is 5.40. The summed E-state index contributed by atoms with van der Waals surface area (Å²) in [6, 6.07) is -0.612. The summed E-state index contributed by atoms with van der Waals surface area (Å²) >= 11 is 1.64. The Morgan fingerprint density at radius 3 is 1.57 bits per heavy atom. The van der Waals surface area contributed by atoms with Crippen molar-refractivity contribution in [2.24, 2.45) is 5.73 Å². The predicted octanol–water partition coefficient (Wildman–Crippen LogP) is 7.63. The molecule has 0 heterocycles. The molecule has 0 saturated heterocycles. The summed E-state index contributed by atoms with van der Waals surface area (Å²) in [5.74, 6) is 1.05. The van der Waals surface area contributed by atoms with E-state index in [0.717, 1.165) is 31.8 Å². The van der Waals surface area contributed by atoms with Crippen LogP contribution >= 0.6 is 19.4 Å². The molecule has 0 spiro atoms. The summed E-state index contributed by atoms with van der Waals surface area (Å²) in [5, 5.41) is 2.83. The third-order valence-electron chi connectivity index (χ3n) is 8.55. The highest BCUT2D eigenvalue weighted by molar-refractivity contribution is 7.99. The Morgan fingerprint density at radius 1 is 0.608 bits per heavy atom. The zero-order valence-corrected chi connectivity index (χ0v) is 34.4. The first kappa shape index (κ1) is 50.7. The molecule has 0 bridgehead atoms. The number of carbonyl (C=O) groups is 1. The van der Waals surface area contributed by atoms with Crippen molar-refractivity contribution in [3.63, 3.8) is 0 Å². The maximum absolute atomic E-state index is 12.5. The van der Waals surface area contributed by atoms with Gasteiger partial charge in [-0.1, -0.05) is 129 Å². The van der Waals surface area contributed by atoms with Crippen molar-refractivity contribution in [3.8, 4) is 0 Å². The predicted molar refractivity (Wildman–Crippen MR) is 212 cm³/mol. The summed E-state index contributed by atoms with van der Waals surface area (Å²) in [6.07, 6.45) is 25.8. The fourth-order valence-corrected chi connectivity index (χ4v) is 6.76. The van der Waals surface area contributed by atoms with E-state index < -0.39 is 13.6 Å². The van der Waals surface area contributed by atoms with E-state index in [1.54, 1.807) is 11.8 Å². The maximum atomic E-state index is 12.5. The van der Waals surface area contributed by atoms with E-state index in [-0.39, 0.29) is 31.4 Å². The SMILES string of the molecule is CCCCCCCCCCCCOCC(CSCC(N)C(=O)NCCOCCOCCOCCP(=O)(O)O)OCCCCCCCCCCCC. The molecule has 306 valence electrons. The molecule has 0 radical (unpaired) electrons. The van der Waals surface area contributed by atoms with Crippen molar-refractivity contribution in [1.82, 2.24) is 5.32 Å². The lowest BCUT2D eigenvalue weighted by molar-refractivity contribution is -0.122. The smallest absolute Gasteiger partial charge is 0.327 e. The van der Waals surface area contributed by atoms with Gasteiger partial charge in [-0.05, 0) is 12.8 Å². The van der Waals surface area contributed by atoms with Gasteiger partial charge in [-0.2, -0.15) is 11.8 Å². The molecule has 2 unspecified atom stereocenters. The van der Waals surface area contributed by atoms with Gasteiger partial charge in [0, 0.05) is 31.3 Å². The molecule has 13 heteroatoms. The van der Waals surface area contributed by atoms with Crippen LogP contribution in [0.1, 0.15) is 142 Å². The molecular weight excluding hydrogens is 691 g/mol. The molecule has 0 aromatic carbocycles. The number of nitrogens with two attached hydrogens (primary N) is 1. The summed E-state index contributed by atoms with van der Waals surface area (Å²) in [6.45, 7) is 8.60. The number of amides is 1. The van der Waals surface area contributed by atoms with E-state index in [2.05, 4.69) is 19.2 Å². The molecule has 0 aliphatic heterocycles. The normalized spacial score (nSPS) is 13.1. The number of thioether (sulfide) groups is 1. The second-order valence-corrected chi connectivity index (χ2v) is 16.4. The van der Waals surface area contributed by atoms with Crippen LogP contribution in [0.25, 0.3) is 0 Å². The van der Waals surface area contributed by atoms with E-state index in [1.807, 2.05) is 0 Å². The van der Waals surface area contributed by atoms with Gasteiger partial charge in [0.15, 0.2) is 0 Å². The second-order valence-electron chi connectivity index (χ2n) is 13.6. The van der Waals surface area contributed by atoms with Crippen molar-refractivity contribution >= 4 is 25.3 Å². The largest absolute Gasteiger partial charge is 0.379 e. The fraction of sp³-hybridized carbons (Fsp3) is 0.974. The van der Waals surface area contributed by atoms with E-state index in [0.29, 0.717) is 45.3 Å². The molecule has 51 heavy (non-hydrogen) atoms. The van der Waals surface area contributed by atoms with Gasteiger partial charge in [0.05, 0.1) is 64.6 Å². The standard InChI is InChI=1S/C38H79N2O9PS/c1-3-5-7-9-11-13-15-17-19-21-24-48-33-36(49-25-22-20-18-16-14-12-10-8-6-4-2)34-51-35-37(39)38(41)40-23-26-45-27-28-46-29-30-47-31-32-50(42,43)44/h36-37H,3-35,39H2,1-2H3,(H,40,41)(H2,42,43,44). The average molecular weight is 771 g/mol. The van der Waals surface area contributed by atoms with Crippen LogP contribution in [0.5, 0.6) is 0 Å². The number of carbonyl (C=O) groups excluding carboxylic acids is 1. The molecule has 1 amide bonds. The number of ether oxygens (including phenoxy) is 5. The summed E-state index contributed by atoms with van der Waals surface area (Å²) < 4.78 is 39.0. The quantitative estimate of drug-likeness (QED) is 0.0357. The first-order valence-corrected chi connectivity index (χ1v) is 23.3. The zero-order valence-electron chi connectivity index (χ0n) is 32.7. The highest BCUT2D eigenvalue weighted by Gasteiger charge is 2.16. The number of hydrogen-bond donors (Lipinski definition) is 4. The highest BCUT2D eigenvalue weighted by atomic mass is 32.2. The van der Waals surface area contributed by atoms with Gasteiger partial charge in [0.1, 0.15) is 0 Å². The number of unbranched alkanes of at least 4 members (excludes halogenated alkanes) is 18. The lowest BCUT2D eigenvalue weighted by atomic mass is 10.1. The topological polar surface area (TPSA) is 159 Å². The van der Waals surface area contributed by atoms with Gasteiger partial charge >= 0.3 is 7.60 Å².